The van der Waals surface area contributed by atoms with Crippen molar-refractivity contribution in [2.75, 3.05) is 13.2 Å². The van der Waals surface area contributed by atoms with Gasteiger partial charge in [0.2, 0.25) is 5.89 Å². The van der Waals surface area contributed by atoms with Gasteiger partial charge in [-0.2, -0.15) is 0 Å². The Balaban J connectivity index is 1.53. The summed E-state index contributed by atoms with van der Waals surface area (Å²) in [4.78, 5) is 0. The Morgan fingerprint density at radius 3 is 2.84 bits per heavy atom. The Morgan fingerprint density at radius 1 is 1.32 bits per heavy atom. The van der Waals surface area contributed by atoms with Crippen LogP contribution in [-0.4, -0.2) is 29.3 Å². The van der Waals surface area contributed by atoms with Gasteiger partial charge >= 0.3 is 6.08 Å². The van der Waals surface area contributed by atoms with E-state index in [1.165, 1.54) is 0 Å². The molecule has 1 aromatic heterocycles. The van der Waals surface area contributed by atoms with E-state index in [9.17, 15) is 8.78 Å². The topological polar surface area (TPSA) is 60.2 Å². The van der Waals surface area contributed by atoms with Crippen molar-refractivity contribution in [3.8, 4) is 6.08 Å². The predicted molar refractivity (Wildman–Crippen MR) is 62.1 cm³/mol. The molecule has 0 aromatic carbocycles. The summed E-state index contributed by atoms with van der Waals surface area (Å²) < 4.78 is 36.6. The molecule has 1 saturated carbocycles. The van der Waals surface area contributed by atoms with Gasteiger partial charge in [-0.15, -0.1) is 5.10 Å². The van der Waals surface area contributed by atoms with Crippen molar-refractivity contribution >= 4 is 0 Å². The van der Waals surface area contributed by atoms with Crippen molar-refractivity contribution in [3.63, 3.8) is 0 Å². The second-order valence-corrected chi connectivity index (χ2v) is 5.22. The van der Waals surface area contributed by atoms with E-state index in [4.69, 9.17) is 9.15 Å². The zero-order valence-corrected chi connectivity index (χ0v) is 10.6. The summed E-state index contributed by atoms with van der Waals surface area (Å²) >= 11 is 0. The molecule has 1 N–H and O–H groups in total. The first-order chi connectivity index (χ1) is 9.15. The van der Waals surface area contributed by atoms with Crippen molar-refractivity contribution in [2.24, 2.45) is 5.92 Å². The normalized spacial score (nSPS) is 29.8. The SMILES string of the molecule is FC1(F)CCC1COc1nnc([C@H]2CCCCN2)o1. The highest BCUT2D eigenvalue weighted by Gasteiger charge is 2.48. The molecule has 5 nitrogen and oxygen atoms in total. The first kappa shape index (κ1) is 12.8. The Bertz CT molecular complexity index is 432. The summed E-state index contributed by atoms with van der Waals surface area (Å²) in [5.74, 6) is -2.85. The van der Waals surface area contributed by atoms with Crippen LogP contribution in [-0.2, 0) is 0 Å². The van der Waals surface area contributed by atoms with Crippen LogP contribution in [0.1, 0.15) is 44.0 Å². The molecule has 0 bridgehead atoms. The summed E-state index contributed by atoms with van der Waals surface area (Å²) in [5.41, 5.74) is 0. The average molecular weight is 273 g/mol. The third kappa shape index (κ3) is 2.70. The van der Waals surface area contributed by atoms with Crippen molar-refractivity contribution in [1.29, 1.82) is 0 Å². The first-order valence-corrected chi connectivity index (χ1v) is 6.72. The average Bonchev–Trinajstić information content (AvgIpc) is 2.88. The highest BCUT2D eigenvalue weighted by Crippen LogP contribution is 2.43. The van der Waals surface area contributed by atoms with Crippen LogP contribution in [0.25, 0.3) is 0 Å². The van der Waals surface area contributed by atoms with Crippen LogP contribution in [0.2, 0.25) is 0 Å². The highest BCUT2D eigenvalue weighted by atomic mass is 19.3. The second-order valence-electron chi connectivity index (χ2n) is 5.22. The van der Waals surface area contributed by atoms with E-state index < -0.39 is 11.8 Å². The molecule has 0 amide bonds. The summed E-state index contributed by atoms with van der Waals surface area (Å²) in [6.45, 7) is 0.865. The summed E-state index contributed by atoms with van der Waals surface area (Å²) in [7, 11) is 0. The number of rotatable bonds is 4. The third-order valence-corrected chi connectivity index (χ3v) is 3.86. The van der Waals surface area contributed by atoms with E-state index in [0.29, 0.717) is 12.3 Å². The quantitative estimate of drug-likeness (QED) is 0.912. The molecule has 2 aliphatic rings. The van der Waals surface area contributed by atoms with Crippen LogP contribution >= 0.6 is 0 Å². The third-order valence-electron chi connectivity index (χ3n) is 3.86. The number of halogens is 2. The largest absolute Gasteiger partial charge is 0.449 e. The molecule has 1 saturated heterocycles. The molecule has 2 fully saturated rings. The Kier molecular flexibility index (Phi) is 3.38. The number of hydrogen-bond donors (Lipinski definition) is 1. The van der Waals surface area contributed by atoms with E-state index in [1.54, 1.807) is 0 Å². The van der Waals surface area contributed by atoms with Gasteiger partial charge in [0.05, 0.1) is 12.0 Å². The van der Waals surface area contributed by atoms with Crippen molar-refractivity contribution in [1.82, 2.24) is 15.5 Å². The number of hydrogen-bond acceptors (Lipinski definition) is 5. The molecule has 0 spiro atoms. The van der Waals surface area contributed by atoms with Crippen LogP contribution < -0.4 is 10.1 Å². The molecule has 3 rings (SSSR count). The molecule has 2 heterocycles. The predicted octanol–water partition coefficient (Wildman–Crippen LogP) is 2.31. The second kappa shape index (κ2) is 5.03. The van der Waals surface area contributed by atoms with Gasteiger partial charge in [0.1, 0.15) is 6.61 Å². The zero-order valence-electron chi connectivity index (χ0n) is 10.6. The Morgan fingerprint density at radius 2 is 2.21 bits per heavy atom. The fourth-order valence-electron chi connectivity index (χ4n) is 2.43. The number of aromatic nitrogens is 2. The number of ether oxygens (including phenoxy) is 1. The van der Waals surface area contributed by atoms with Gasteiger partial charge in [0, 0.05) is 6.42 Å². The van der Waals surface area contributed by atoms with Gasteiger partial charge in [0.25, 0.3) is 5.92 Å². The minimum atomic E-state index is -2.60. The maximum Gasteiger partial charge on any atom is 0.414 e. The number of piperidine rings is 1. The summed E-state index contributed by atoms with van der Waals surface area (Å²) in [5, 5.41) is 10.9. The minimum Gasteiger partial charge on any atom is -0.449 e. The zero-order chi connectivity index (χ0) is 13.3. The van der Waals surface area contributed by atoms with E-state index >= 15 is 0 Å². The molecule has 19 heavy (non-hydrogen) atoms. The lowest BCUT2D eigenvalue weighted by molar-refractivity contribution is -0.145. The van der Waals surface area contributed by atoms with E-state index in [0.717, 1.165) is 25.8 Å². The fraction of sp³-hybridized carbons (Fsp3) is 0.833. The summed E-state index contributed by atoms with van der Waals surface area (Å²) in [6, 6.07) is 0.0590. The van der Waals surface area contributed by atoms with E-state index in [1.807, 2.05) is 0 Å². The lowest BCUT2D eigenvalue weighted by atomic mass is 9.81. The lowest BCUT2D eigenvalue weighted by Gasteiger charge is -2.35. The smallest absolute Gasteiger partial charge is 0.414 e. The lowest BCUT2D eigenvalue weighted by Crippen LogP contribution is -2.42. The number of nitrogens with one attached hydrogen (secondary N) is 1. The van der Waals surface area contributed by atoms with E-state index in [-0.39, 0.29) is 25.1 Å². The molecule has 1 aliphatic heterocycles. The van der Waals surface area contributed by atoms with Gasteiger partial charge in [0.15, 0.2) is 0 Å². The molecule has 106 valence electrons. The first-order valence-electron chi connectivity index (χ1n) is 6.72. The molecule has 1 unspecified atom stereocenters. The monoisotopic (exact) mass is 273 g/mol. The molecular weight excluding hydrogens is 256 g/mol. The molecule has 1 aromatic rings. The summed E-state index contributed by atoms with van der Waals surface area (Å²) in [6.07, 6.45) is 3.63. The Hall–Kier alpha value is -1.24. The van der Waals surface area contributed by atoms with Crippen LogP contribution in [0.5, 0.6) is 6.08 Å². The van der Waals surface area contributed by atoms with Crippen LogP contribution in [0.3, 0.4) is 0 Å². The highest BCUT2D eigenvalue weighted by molar-refractivity contribution is 4.95. The van der Waals surface area contributed by atoms with Gasteiger partial charge in [-0.3, -0.25) is 0 Å². The molecule has 1 aliphatic carbocycles. The Labute approximate surface area is 109 Å². The molecule has 7 heteroatoms. The van der Waals surface area contributed by atoms with Crippen LogP contribution in [0.15, 0.2) is 4.42 Å². The fourth-order valence-corrected chi connectivity index (χ4v) is 2.43. The number of alkyl halides is 2. The van der Waals surface area contributed by atoms with Crippen molar-refractivity contribution in [3.05, 3.63) is 5.89 Å². The molecular formula is C12H17F2N3O2. The van der Waals surface area contributed by atoms with Gasteiger partial charge in [-0.1, -0.05) is 11.5 Å². The van der Waals surface area contributed by atoms with Crippen LogP contribution in [0, 0.1) is 5.92 Å². The van der Waals surface area contributed by atoms with E-state index in [2.05, 4.69) is 15.5 Å². The van der Waals surface area contributed by atoms with Crippen molar-refractivity contribution in [2.45, 2.75) is 44.1 Å². The maximum atomic E-state index is 13.0. The molecule has 0 radical (unpaired) electrons. The minimum absolute atomic E-state index is 0.00919. The van der Waals surface area contributed by atoms with Gasteiger partial charge in [-0.25, -0.2) is 8.78 Å². The molecule has 2 atom stereocenters. The standard InChI is InChI=1S/C12H17F2N3O2/c13-12(14)5-4-8(12)7-18-11-17-16-10(19-11)9-3-1-2-6-15-9/h8-9,15H,1-7H2/t8?,9-/m1/s1. The van der Waals surface area contributed by atoms with Crippen molar-refractivity contribution < 1.29 is 17.9 Å². The maximum absolute atomic E-state index is 13.0. The van der Waals surface area contributed by atoms with Gasteiger partial charge < -0.3 is 14.5 Å². The van der Waals surface area contributed by atoms with Crippen LogP contribution in [0.4, 0.5) is 8.78 Å². The van der Waals surface area contributed by atoms with Gasteiger partial charge in [-0.05, 0) is 25.8 Å². The number of nitrogens with zero attached hydrogens (tertiary/aromatic N) is 2.